The minimum absolute atomic E-state index is 0. The molecule has 0 saturated carbocycles. The summed E-state index contributed by atoms with van der Waals surface area (Å²) >= 11 is 0. The number of hydrogen-bond acceptors (Lipinski definition) is 3. The second kappa shape index (κ2) is 5.85. The Morgan fingerprint density at radius 2 is 2.18 bits per heavy atom. The highest BCUT2D eigenvalue weighted by Gasteiger charge is 2.21. The summed E-state index contributed by atoms with van der Waals surface area (Å²) in [5.74, 6) is 0. The van der Waals surface area contributed by atoms with Gasteiger partial charge in [0.1, 0.15) is 0 Å². The van der Waals surface area contributed by atoms with Crippen LogP contribution in [-0.2, 0) is 13.6 Å². The molecule has 1 aromatic heterocycles. The van der Waals surface area contributed by atoms with E-state index in [9.17, 15) is 0 Å². The van der Waals surface area contributed by atoms with Crippen molar-refractivity contribution in [3.8, 4) is 0 Å². The Hall–Kier alpha value is -0.580. The van der Waals surface area contributed by atoms with Crippen molar-refractivity contribution < 1.29 is 0 Å². The molecule has 0 amide bonds. The minimum atomic E-state index is 0. The Morgan fingerprint density at radius 3 is 2.65 bits per heavy atom. The van der Waals surface area contributed by atoms with E-state index in [-0.39, 0.29) is 12.4 Å². The average molecular weight is 259 g/mol. The minimum Gasteiger partial charge on any atom is -0.315 e. The molecule has 1 N–H and O–H groups in total. The Balaban J connectivity index is 0.00000144. The maximum absolute atomic E-state index is 4.46. The van der Waals surface area contributed by atoms with E-state index in [2.05, 4.69) is 36.2 Å². The molecule has 2 heterocycles. The molecule has 0 spiro atoms. The van der Waals surface area contributed by atoms with Crippen molar-refractivity contribution >= 4 is 12.4 Å². The van der Waals surface area contributed by atoms with Gasteiger partial charge in [-0.05, 0) is 33.9 Å². The Bertz CT molecular complexity index is 369. The number of hydrogen-bond donors (Lipinski definition) is 1. The van der Waals surface area contributed by atoms with Gasteiger partial charge in [0.2, 0.25) is 0 Å². The third-order valence-corrected chi connectivity index (χ3v) is 3.72. The van der Waals surface area contributed by atoms with Crippen LogP contribution in [0.15, 0.2) is 0 Å². The van der Waals surface area contributed by atoms with Crippen LogP contribution in [0.25, 0.3) is 0 Å². The second-order valence-corrected chi connectivity index (χ2v) is 4.83. The van der Waals surface area contributed by atoms with E-state index in [1.54, 1.807) is 0 Å². The molecule has 4 nitrogen and oxygen atoms in total. The molecule has 1 fully saturated rings. The molecule has 2 rings (SSSR count). The summed E-state index contributed by atoms with van der Waals surface area (Å²) in [5.41, 5.74) is 3.84. The van der Waals surface area contributed by atoms with E-state index >= 15 is 0 Å². The van der Waals surface area contributed by atoms with Crippen LogP contribution in [-0.4, -0.2) is 40.9 Å². The number of aryl methyl sites for hydroxylation is 2. The zero-order valence-corrected chi connectivity index (χ0v) is 12.0. The molecule has 5 heteroatoms. The van der Waals surface area contributed by atoms with Gasteiger partial charge in [0, 0.05) is 37.4 Å². The molecular formula is C12H23ClN4. The zero-order valence-electron chi connectivity index (χ0n) is 11.2. The molecule has 1 aromatic rings. The van der Waals surface area contributed by atoms with E-state index in [1.165, 1.54) is 17.7 Å². The molecule has 98 valence electrons. The van der Waals surface area contributed by atoms with Crippen molar-refractivity contribution in [1.29, 1.82) is 0 Å². The quantitative estimate of drug-likeness (QED) is 0.886. The SMILES string of the molecule is Cc1nn(C)c(C)c1CN(C)C1CCNC1.Cl. The third kappa shape index (κ3) is 3.00. The zero-order chi connectivity index (χ0) is 11.7. The van der Waals surface area contributed by atoms with Gasteiger partial charge in [-0.1, -0.05) is 0 Å². The van der Waals surface area contributed by atoms with Crippen LogP contribution in [0.5, 0.6) is 0 Å². The molecule has 1 saturated heterocycles. The molecule has 1 atom stereocenters. The molecule has 0 bridgehead atoms. The fourth-order valence-electron chi connectivity index (χ4n) is 2.44. The summed E-state index contributed by atoms with van der Waals surface area (Å²) in [5, 5.41) is 7.88. The number of nitrogens with zero attached hydrogens (tertiary/aromatic N) is 3. The third-order valence-electron chi connectivity index (χ3n) is 3.72. The van der Waals surface area contributed by atoms with Crippen molar-refractivity contribution in [2.45, 2.75) is 32.9 Å². The van der Waals surface area contributed by atoms with Gasteiger partial charge in [0.25, 0.3) is 0 Å². The molecule has 1 unspecified atom stereocenters. The Labute approximate surface area is 110 Å². The van der Waals surface area contributed by atoms with Crippen LogP contribution in [0, 0.1) is 13.8 Å². The topological polar surface area (TPSA) is 33.1 Å². The highest BCUT2D eigenvalue weighted by molar-refractivity contribution is 5.85. The predicted octanol–water partition coefficient (Wildman–Crippen LogP) is 1.25. The lowest BCUT2D eigenvalue weighted by Gasteiger charge is -2.23. The number of rotatable bonds is 3. The summed E-state index contributed by atoms with van der Waals surface area (Å²) in [6, 6.07) is 0.680. The molecule has 1 aliphatic heterocycles. The molecule has 0 aliphatic carbocycles. The number of aromatic nitrogens is 2. The van der Waals surface area contributed by atoms with Crippen molar-refractivity contribution in [2.75, 3.05) is 20.1 Å². The van der Waals surface area contributed by atoms with Gasteiger partial charge in [-0.25, -0.2) is 0 Å². The maximum Gasteiger partial charge on any atom is 0.0641 e. The fourth-order valence-corrected chi connectivity index (χ4v) is 2.44. The maximum atomic E-state index is 4.46. The van der Waals surface area contributed by atoms with Crippen molar-refractivity contribution in [3.63, 3.8) is 0 Å². The second-order valence-electron chi connectivity index (χ2n) is 4.83. The summed E-state index contributed by atoms with van der Waals surface area (Å²) < 4.78 is 1.98. The Morgan fingerprint density at radius 1 is 1.47 bits per heavy atom. The summed E-state index contributed by atoms with van der Waals surface area (Å²) in [6.07, 6.45) is 1.26. The number of halogens is 1. The van der Waals surface area contributed by atoms with Gasteiger partial charge in [0.15, 0.2) is 0 Å². The summed E-state index contributed by atoms with van der Waals surface area (Å²) in [6.45, 7) is 7.53. The van der Waals surface area contributed by atoms with Crippen LogP contribution in [0.3, 0.4) is 0 Å². The molecule has 0 aromatic carbocycles. The standard InChI is InChI=1S/C12H22N4.ClH/c1-9-12(10(2)16(4)14-9)8-15(3)11-5-6-13-7-11;/h11,13H,5-8H2,1-4H3;1H. The average Bonchev–Trinajstić information content (AvgIpc) is 2.83. The first-order valence-electron chi connectivity index (χ1n) is 5.99. The van der Waals surface area contributed by atoms with Crippen LogP contribution >= 0.6 is 12.4 Å². The monoisotopic (exact) mass is 258 g/mol. The molecule has 0 radical (unpaired) electrons. The first-order valence-corrected chi connectivity index (χ1v) is 5.99. The lowest BCUT2D eigenvalue weighted by Crippen LogP contribution is -2.33. The van der Waals surface area contributed by atoms with Crippen molar-refractivity contribution in [1.82, 2.24) is 20.0 Å². The van der Waals surface area contributed by atoms with E-state index in [0.29, 0.717) is 6.04 Å². The lowest BCUT2D eigenvalue weighted by molar-refractivity contribution is 0.248. The largest absolute Gasteiger partial charge is 0.315 e. The molecule has 17 heavy (non-hydrogen) atoms. The smallest absolute Gasteiger partial charge is 0.0641 e. The number of nitrogens with one attached hydrogen (secondary N) is 1. The van der Waals surface area contributed by atoms with Gasteiger partial charge in [0.05, 0.1) is 5.69 Å². The first kappa shape index (κ1) is 14.5. The van der Waals surface area contributed by atoms with E-state index in [4.69, 9.17) is 0 Å². The van der Waals surface area contributed by atoms with Gasteiger partial charge < -0.3 is 5.32 Å². The van der Waals surface area contributed by atoms with E-state index in [1.807, 2.05) is 11.7 Å². The van der Waals surface area contributed by atoms with Crippen LogP contribution in [0.1, 0.15) is 23.4 Å². The summed E-state index contributed by atoms with van der Waals surface area (Å²) in [7, 11) is 4.23. The van der Waals surface area contributed by atoms with Crippen LogP contribution < -0.4 is 5.32 Å². The highest BCUT2D eigenvalue weighted by Crippen LogP contribution is 2.16. The fraction of sp³-hybridized carbons (Fsp3) is 0.750. The lowest BCUT2D eigenvalue weighted by atomic mass is 10.1. The van der Waals surface area contributed by atoms with Crippen LogP contribution in [0.2, 0.25) is 0 Å². The Kier molecular flexibility index (Phi) is 4.98. The van der Waals surface area contributed by atoms with Crippen molar-refractivity contribution in [3.05, 3.63) is 17.0 Å². The van der Waals surface area contributed by atoms with E-state index in [0.717, 1.165) is 25.3 Å². The first-order chi connectivity index (χ1) is 7.59. The van der Waals surface area contributed by atoms with Crippen LogP contribution in [0.4, 0.5) is 0 Å². The predicted molar refractivity (Wildman–Crippen MR) is 72.7 cm³/mol. The molecular weight excluding hydrogens is 236 g/mol. The van der Waals surface area contributed by atoms with Gasteiger partial charge in [-0.3, -0.25) is 9.58 Å². The van der Waals surface area contributed by atoms with Crippen molar-refractivity contribution in [2.24, 2.45) is 7.05 Å². The highest BCUT2D eigenvalue weighted by atomic mass is 35.5. The molecule has 1 aliphatic rings. The normalized spacial score (nSPS) is 19.7. The number of likely N-dealkylation sites (N-methyl/N-ethyl adjacent to an activating group) is 1. The van der Waals surface area contributed by atoms with Gasteiger partial charge in [-0.2, -0.15) is 5.10 Å². The summed E-state index contributed by atoms with van der Waals surface area (Å²) in [4.78, 5) is 2.44. The van der Waals surface area contributed by atoms with Gasteiger partial charge >= 0.3 is 0 Å². The van der Waals surface area contributed by atoms with E-state index < -0.39 is 0 Å². The van der Waals surface area contributed by atoms with Gasteiger partial charge in [-0.15, -0.1) is 12.4 Å².